The third-order valence-corrected chi connectivity index (χ3v) is 6.56. The van der Waals surface area contributed by atoms with Crippen molar-refractivity contribution >= 4 is 46.4 Å². The molecule has 0 saturated heterocycles. The average molecular weight is 556 g/mol. The van der Waals surface area contributed by atoms with Gasteiger partial charge in [0.05, 0.1) is 5.71 Å². The van der Waals surface area contributed by atoms with Gasteiger partial charge in [-0.05, 0) is 53.1 Å². The van der Waals surface area contributed by atoms with E-state index in [1.54, 1.807) is 43.3 Å². The van der Waals surface area contributed by atoms with Crippen molar-refractivity contribution in [1.29, 1.82) is 0 Å². The SMILES string of the molecule is CCC(=O)NCc1ccc(C2=NOC(c3cc(Cl)cc(Cl)c3)(C(F)(F)F)C2)cc1-c1cccc(Cl)c1. The number of carbonyl (C=O) groups excluding carboxylic acids is 1. The third-order valence-electron chi connectivity index (χ3n) is 5.89. The molecule has 3 aromatic rings. The highest BCUT2D eigenvalue weighted by molar-refractivity contribution is 6.34. The maximum atomic E-state index is 14.4. The van der Waals surface area contributed by atoms with Crippen LogP contribution in [0.3, 0.4) is 0 Å². The molecule has 1 aliphatic heterocycles. The van der Waals surface area contributed by atoms with Crippen LogP contribution in [0.25, 0.3) is 11.1 Å². The Morgan fingerprint density at radius 1 is 1.00 bits per heavy atom. The van der Waals surface area contributed by atoms with E-state index in [0.717, 1.165) is 11.1 Å². The molecule has 188 valence electrons. The number of hydrogen-bond acceptors (Lipinski definition) is 3. The molecule has 0 saturated carbocycles. The molecule has 10 heteroatoms. The Morgan fingerprint density at radius 2 is 1.72 bits per heavy atom. The van der Waals surface area contributed by atoms with E-state index in [1.165, 1.54) is 18.2 Å². The first-order valence-corrected chi connectivity index (χ1v) is 12.1. The van der Waals surface area contributed by atoms with Crippen molar-refractivity contribution in [2.75, 3.05) is 0 Å². The zero-order chi connectivity index (χ0) is 26.1. The molecule has 0 aliphatic carbocycles. The Balaban J connectivity index is 1.74. The summed E-state index contributed by atoms with van der Waals surface area (Å²) in [4.78, 5) is 16.9. The highest BCUT2D eigenvalue weighted by Crippen LogP contribution is 2.50. The van der Waals surface area contributed by atoms with Crippen LogP contribution >= 0.6 is 34.8 Å². The van der Waals surface area contributed by atoms with Gasteiger partial charge in [-0.15, -0.1) is 0 Å². The van der Waals surface area contributed by atoms with Crippen molar-refractivity contribution in [3.63, 3.8) is 0 Å². The summed E-state index contributed by atoms with van der Waals surface area (Å²) in [6, 6.07) is 15.9. The standard InChI is InChI=1S/C26H20Cl3F3N2O2/c1-2-24(35)33-14-17-7-6-16(9-22(17)15-4-3-5-19(27)8-15)23-13-25(36-34-23,26(30,31)32)18-10-20(28)12-21(29)11-18/h3-12H,2,13-14H2,1H3,(H,33,35). The van der Waals surface area contributed by atoms with Gasteiger partial charge in [-0.2, -0.15) is 13.2 Å². The number of alkyl halides is 3. The molecule has 1 atom stereocenters. The van der Waals surface area contributed by atoms with Gasteiger partial charge in [0.2, 0.25) is 5.91 Å². The van der Waals surface area contributed by atoms with Crippen LogP contribution in [0.1, 0.15) is 36.5 Å². The summed E-state index contributed by atoms with van der Waals surface area (Å²) in [5, 5.41) is 7.28. The largest absolute Gasteiger partial charge is 0.435 e. The zero-order valence-electron chi connectivity index (χ0n) is 18.9. The van der Waals surface area contributed by atoms with E-state index in [0.29, 0.717) is 22.6 Å². The van der Waals surface area contributed by atoms with Crippen molar-refractivity contribution in [3.8, 4) is 11.1 Å². The van der Waals surface area contributed by atoms with Crippen LogP contribution in [0.5, 0.6) is 0 Å². The zero-order valence-corrected chi connectivity index (χ0v) is 21.2. The van der Waals surface area contributed by atoms with Gasteiger partial charge >= 0.3 is 6.18 Å². The van der Waals surface area contributed by atoms with Crippen LogP contribution in [0.15, 0.2) is 65.8 Å². The summed E-state index contributed by atoms with van der Waals surface area (Å²) in [7, 11) is 0. The molecule has 1 amide bonds. The molecule has 0 radical (unpaired) electrons. The van der Waals surface area contributed by atoms with E-state index in [1.807, 2.05) is 6.07 Å². The number of hydrogen-bond donors (Lipinski definition) is 1. The number of nitrogens with zero attached hydrogens (tertiary/aromatic N) is 1. The normalized spacial score (nSPS) is 17.5. The van der Waals surface area contributed by atoms with Gasteiger partial charge in [-0.25, -0.2) is 0 Å². The van der Waals surface area contributed by atoms with E-state index >= 15 is 0 Å². The van der Waals surface area contributed by atoms with E-state index in [-0.39, 0.29) is 33.8 Å². The second kappa shape index (κ2) is 10.3. The second-order valence-electron chi connectivity index (χ2n) is 8.30. The fraction of sp³-hybridized carbons (Fsp3) is 0.231. The second-order valence-corrected chi connectivity index (χ2v) is 9.61. The first-order chi connectivity index (χ1) is 17.0. The third kappa shape index (κ3) is 5.33. The molecule has 0 bridgehead atoms. The van der Waals surface area contributed by atoms with Gasteiger partial charge in [0, 0.05) is 45.6 Å². The first-order valence-electron chi connectivity index (χ1n) is 11.0. The molecular weight excluding hydrogens is 536 g/mol. The van der Waals surface area contributed by atoms with E-state index in [9.17, 15) is 18.0 Å². The maximum absolute atomic E-state index is 14.4. The Morgan fingerprint density at radius 3 is 2.36 bits per heavy atom. The summed E-state index contributed by atoms with van der Waals surface area (Å²) < 4.78 is 43.1. The van der Waals surface area contributed by atoms with Crippen molar-refractivity contribution in [1.82, 2.24) is 5.32 Å². The lowest BCUT2D eigenvalue weighted by atomic mass is 9.85. The molecular formula is C26H20Cl3F3N2O2. The number of carbonyl (C=O) groups is 1. The van der Waals surface area contributed by atoms with Gasteiger partial charge in [-0.1, -0.05) is 71.1 Å². The van der Waals surface area contributed by atoms with Crippen molar-refractivity contribution in [3.05, 3.63) is 92.4 Å². The molecule has 36 heavy (non-hydrogen) atoms. The molecule has 1 unspecified atom stereocenters. The number of halogens is 6. The lowest BCUT2D eigenvalue weighted by molar-refractivity contribution is -0.275. The fourth-order valence-corrected chi connectivity index (χ4v) is 4.72. The predicted molar refractivity (Wildman–Crippen MR) is 135 cm³/mol. The van der Waals surface area contributed by atoms with Crippen molar-refractivity contribution < 1.29 is 22.8 Å². The summed E-state index contributed by atoms with van der Waals surface area (Å²) in [5.41, 5.74) is -0.212. The number of nitrogens with one attached hydrogen (secondary N) is 1. The van der Waals surface area contributed by atoms with Gasteiger partial charge in [0.25, 0.3) is 5.60 Å². The summed E-state index contributed by atoms with van der Waals surface area (Å²) in [5.74, 6) is -0.125. The summed E-state index contributed by atoms with van der Waals surface area (Å²) >= 11 is 18.2. The van der Waals surface area contributed by atoms with E-state index < -0.39 is 18.2 Å². The minimum atomic E-state index is -4.80. The highest BCUT2D eigenvalue weighted by Gasteiger charge is 2.62. The predicted octanol–water partition coefficient (Wildman–Crippen LogP) is 7.92. The fourth-order valence-electron chi connectivity index (χ4n) is 4.00. The Bertz CT molecular complexity index is 1320. The number of oxime groups is 1. The lowest BCUT2D eigenvalue weighted by Gasteiger charge is -2.29. The molecule has 4 nitrogen and oxygen atoms in total. The minimum Gasteiger partial charge on any atom is -0.374 e. The average Bonchev–Trinajstić information content (AvgIpc) is 3.29. The minimum absolute atomic E-state index is 0.0555. The van der Waals surface area contributed by atoms with Crippen molar-refractivity contribution in [2.24, 2.45) is 5.16 Å². The van der Waals surface area contributed by atoms with Crippen LogP contribution in [0.2, 0.25) is 15.1 Å². The molecule has 1 N–H and O–H groups in total. The van der Waals surface area contributed by atoms with Crippen LogP contribution < -0.4 is 5.32 Å². The molecule has 4 rings (SSSR count). The van der Waals surface area contributed by atoms with Gasteiger partial charge < -0.3 is 10.2 Å². The van der Waals surface area contributed by atoms with Crippen LogP contribution in [0, 0.1) is 0 Å². The molecule has 0 fully saturated rings. The monoisotopic (exact) mass is 554 g/mol. The smallest absolute Gasteiger partial charge is 0.374 e. The quantitative estimate of drug-likeness (QED) is 0.336. The number of amides is 1. The van der Waals surface area contributed by atoms with Crippen molar-refractivity contribution in [2.45, 2.75) is 38.1 Å². The van der Waals surface area contributed by atoms with Gasteiger partial charge in [-0.3, -0.25) is 4.79 Å². The van der Waals surface area contributed by atoms with Crippen LogP contribution in [-0.2, 0) is 21.8 Å². The number of benzene rings is 3. The lowest BCUT2D eigenvalue weighted by Crippen LogP contribution is -2.42. The topological polar surface area (TPSA) is 50.7 Å². The van der Waals surface area contributed by atoms with Gasteiger partial charge in [0.1, 0.15) is 0 Å². The maximum Gasteiger partial charge on any atom is 0.435 e. The molecule has 3 aromatic carbocycles. The molecule has 1 heterocycles. The molecule has 0 aromatic heterocycles. The highest BCUT2D eigenvalue weighted by atomic mass is 35.5. The number of rotatable bonds is 6. The Kier molecular flexibility index (Phi) is 7.55. The molecule has 1 aliphatic rings. The summed E-state index contributed by atoms with van der Waals surface area (Å²) in [6.07, 6.45) is -5.05. The Hall–Kier alpha value is -2.74. The summed E-state index contributed by atoms with van der Waals surface area (Å²) in [6.45, 7) is 1.99. The van der Waals surface area contributed by atoms with Crippen LogP contribution in [-0.4, -0.2) is 17.8 Å². The van der Waals surface area contributed by atoms with E-state index in [2.05, 4.69) is 10.5 Å². The molecule has 0 spiro atoms. The first kappa shape index (κ1) is 26.3. The van der Waals surface area contributed by atoms with Gasteiger partial charge in [0.15, 0.2) is 0 Å². The Labute approximate surface area is 221 Å². The van der Waals surface area contributed by atoms with Crippen LogP contribution in [0.4, 0.5) is 13.2 Å². The van der Waals surface area contributed by atoms with E-state index in [4.69, 9.17) is 39.6 Å².